The first-order chi connectivity index (χ1) is 9.19. The Morgan fingerprint density at radius 3 is 2.79 bits per heavy atom. The maximum Gasteiger partial charge on any atom is 0.336 e. The zero-order valence-electron chi connectivity index (χ0n) is 10.7. The van der Waals surface area contributed by atoms with Crippen molar-refractivity contribution in [2.45, 2.75) is 19.4 Å². The number of hydrogen-bond acceptors (Lipinski definition) is 3. The zero-order valence-corrected chi connectivity index (χ0v) is 10.7. The van der Waals surface area contributed by atoms with Gasteiger partial charge in [-0.1, -0.05) is 6.07 Å². The van der Waals surface area contributed by atoms with Crippen molar-refractivity contribution in [3.63, 3.8) is 0 Å². The molecule has 2 rings (SSSR count). The number of carboxylic acids is 1. The van der Waals surface area contributed by atoms with Crippen molar-refractivity contribution in [3.05, 3.63) is 35.5 Å². The number of aryl methyl sites for hydroxylation is 1. The minimum Gasteiger partial charge on any atom is -0.478 e. The summed E-state index contributed by atoms with van der Waals surface area (Å²) >= 11 is 0. The highest BCUT2D eigenvalue weighted by Crippen LogP contribution is 2.26. The topological polar surface area (TPSA) is 88.5 Å². The molecule has 2 aromatic rings. The first-order valence-corrected chi connectivity index (χ1v) is 6.34. The fourth-order valence-corrected chi connectivity index (χ4v) is 2.40. The van der Waals surface area contributed by atoms with Gasteiger partial charge < -0.3 is 20.5 Å². The average Bonchev–Trinajstić information content (AvgIpc) is 2.75. The molecule has 1 heterocycles. The van der Waals surface area contributed by atoms with E-state index in [9.17, 15) is 9.90 Å². The van der Waals surface area contributed by atoms with E-state index in [1.165, 1.54) is 0 Å². The number of aromatic nitrogens is 1. The second-order valence-corrected chi connectivity index (χ2v) is 4.47. The highest BCUT2D eigenvalue weighted by atomic mass is 16.4. The average molecular weight is 262 g/mol. The Bertz CT molecular complexity index is 590. The molecule has 0 aliphatic carbocycles. The monoisotopic (exact) mass is 262 g/mol. The summed E-state index contributed by atoms with van der Waals surface area (Å²) in [5, 5.41) is 19.0. The number of nitrogens with zero attached hydrogens (tertiary/aromatic N) is 1. The number of hydrogen-bond donors (Lipinski definition) is 3. The van der Waals surface area contributed by atoms with Gasteiger partial charge in [0.15, 0.2) is 0 Å². The molecule has 0 aliphatic heterocycles. The quantitative estimate of drug-likeness (QED) is 0.730. The third kappa shape index (κ3) is 2.62. The lowest BCUT2D eigenvalue weighted by atomic mass is 10.0. The lowest BCUT2D eigenvalue weighted by Gasteiger charge is -2.03. The molecule has 1 aromatic carbocycles. The molecule has 1 aromatic heterocycles. The molecule has 0 aliphatic rings. The Hall–Kier alpha value is -1.85. The van der Waals surface area contributed by atoms with Gasteiger partial charge in [0.25, 0.3) is 0 Å². The fourth-order valence-electron chi connectivity index (χ4n) is 2.40. The van der Waals surface area contributed by atoms with Crippen LogP contribution in [-0.4, -0.2) is 33.9 Å². The number of aliphatic hydroxyl groups is 1. The van der Waals surface area contributed by atoms with Gasteiger partial charge in [0.1, 0.15) is 0 Å². The van der Waals surface area contributed by atoms with E-state index in [-0.39, 0.29) is 6.61 Å². The minimum absolute atomic E-state index is 0.0960. The molecule has 0 unspecified atom stereocenters. The molecular formula is C14H18N2O3. The van der Waals surface area contributed by atoms with Crippen LogP contribution in [0.2, 0.25) is 0 Å². The highest BCUT2D eigenvalue weighted by molar-refractivity contribution is 6.04. The molecule has 19 heavy (non-hydrogen) atoms. The molecule has 102 valence electrons. The molecule has 0 fully saturated rings. The lowest BCUT2D eigenvalue weighted by molar-refractivity contribution is 0.0699. The fraction of sp³-hybridized carbons (Fsp3) is 0.357. The summed E-state index contributed by atoms with van der Waals surface area (Å²) in [5.41, 5.74) is 7.73. The number of aliphatic hydroxyl groups excluding tert-OH is 1. The van der Waals surface area contributed by atoms with Crippen molar-refractivity contribution >= 4 is 16.9 Å². The van der Waals surface area contributed by atoms with Crippen LogP contribution in [0.25, 0.3) is 10.9 Å². The van der Waals surface area contributed by atoms with Crippen molar-refractivity contribution in [2.24, 2.45) is 5.73 Å². The number of carboxylic acid groups (broad SMARTS) is 1. The Kier molecular flexibility index (Phi) is 4.19. The zero-order chi connectivity index (χ0) is 13.8. The van der Waals surface area contributed by atoms with Gasteiger partial charge in [0.05, 0.1) is 5.56 Å². The number of rotatable bonds is 6. The maximum atomic E-state index is 11.3. The summed E-state index contributed by atoms with van der Waals surface area (Å²) in [6.45, 7) is 1.25. The number of nitrogens with two attached hydrogens (primary N) is 1. The predicted molar refractivity (Wildman–Crippen MR) is 73.4 cm³/mol. The number of carbonyl (C=O) groups is 1. The Balaban J connectivity index is 2.61. The van der Waals surface area contributed by atoms with Gasteiger partial charge in [-0.05, 0) is 30.5 Å². The first kappa shape index (κ1) is 13.6. The van der Waals surface area contributed by atoms with Crippen LogP contribution in [-0.2, 0) is 13.0 Å². The number of aromatic carboxylic acids is 1. The standard InChI is InChI=1S/C14H18N2O3/c15-6-7-16-9-10(3-2-8-17)13-11(14(18)19)4-1-5-12(13)16/h1,4-5,9,17H,2-3,6-8,15H2,(H,18,19). The van der Waals surface area contributed by atoms with E-state index >= 15 is 0 Å². The van der Waals surface area contributed by atoms with Crippen LogP contribution < -0.4 is 5.73 Å². The van der Waals surface area contributed by atoms with Crippen molar-refractivity contribution in [3.8, 4) is 0 Å². The predicted octanol–water partition coefficient (Wildman–Crippen LogP) is 1.22. The van der Waals surface area contributed by atoms with Crippen LogP contribution >= 0.6 is 0 Å². The smallest absolute Gasteiger partial charge is 0.336 e. The summed E-state index contributed by atoms with van der Waals surface area (Å²) < 4.78 is 1.98. The molecule has 0 atom stereocenters. The Morgan fingerprint density at radius 1 is 1.37 bits per heavy atom. The van der Waals surface area contributed by atoms with Crippen molar-refractivity contribution < 1.29 is 15.0 Å². The SMILES string of the molecule is NCCn1cc(CCCO)c2c(C(=O)O)cccc21. The molecule has 4 N–H and O–H groups in total. The molecule has 0 amide bonds. The summed E-state index contributed by atoms with van der Waals surface area (Å²) in [5.74, 6) is -0.929. The van der Waals surface area contributed by atoms with E-state index < -0.39 is 5.97 Å². The lowest BCUT2D eigenvalue weighted by Crippen LogP contribution is -2.08. The van der Waals surface area contributed by atoms with Crippen LogP contribution in [0.3, 0.4) is 0 Å². The highest BCUT2D eigenvalue weighted by Gasteiger charge is 2.15. The van der Waals surface area contributed by atoms with Gasteiger partial charge in [-0.3, -0.25) is 0 Å². The van der Waals surface area contributed by atoms with Gasteiger partial charge in [0.2, 0.25) is 0 Å². The van der Waals surface area contributed by atoms with Gasteiger partial charge in [-0.2, -0.15) is 0 Å². The largest absolute Gasteiger partial charge is 0.478 e. The normalized spacial score (nSPS) is 11.1. The van der Waals surface area contributed by atoms with E-state index in [4.69, 9.17) is 10.8 Å². The summed E-state index contributed by atoms with van der Waals surface area (Å²) in [4.78, 5) is 11.3. The third-order valence-electron chi connectivity index (χ3n) is 3.19. The van der Waals surface area contributed by atoms with E-state index in [0.29, 0.717) is 31.5 Å². The Labute approximate surface area is 111 Å². The van der Waals surface area contributed by atoms with Crippen molar-refractivity contribution in [2.75, 3.05) is 13.2 Å². The van der Waals surface area contributed by atoms with Crippen molar-refractivity contribution in [1.82, 2.24) is 4.57 Å². The molecule has 0 saturated heterocycles. The van der Waals surface area contributed by atoms with E-state index in [2.05, 4.69) is 0 Å². The summed E-state index contributed by atoms with van der Waals surface area (Å²) in [7, 11) is 0. The first-order valence-electron chi connectivity index (χ1n) is 6.34. The van der Waals surface area contributed by atoms with Gasteiger partial charge in [0, 0.05) is 36.8 Å². The molecule has 0 saturated carbocycles. The maximum absolute atomic E-state index is 11.3. The second-order valence-electron chi connectivity index (χ2n) is 4.47. The van der Waals surface area contributed by atoms with Crippen molar-refractivity contribution in [1.29, 1.82) is 0 Å². The van der Waals surface area contributed by atoms with Gasteiger partial charge in [-0.25, -0.2) is 4.79 Å². The van der Waals surface area contributed by atoms with E-state index in [1.54, 1.807) is 12.1 Å². The Morgan fingerprint density at radius 2 is 2.16 bits per heavy atom. The number of benzene rings is 1. The molecule has 0 bridgehead atoms. The summed E-state index contributed by atoms with van der Waals surface area (Å²) in [6.07, 6.45) is 3.23. The van der Waals surface area contributed by atoms with Gasteiger partial charge >= 0.3 is 5.97 Å². The third-order valence-corrected chi connectivity index (χ3v) is 3.19. The van der Waals surface area contributed by atoms with Crippen LogP contribution in [0.4, 0.5) is 0 Å². The van der Waals surface area contributed by atoms with Crippen LogP contribution in [0.1, 0.15) is 22.3 Å². The molecule has 5 nitrogen and oxygen atoms in total. The molecule has 5 heteroatoms. The van der Waals surface area contributed by atoms with Crippen LogP contribution in [0.15, 0.2) is 24.4 Å². The molecule has 0 spiro atoms. The molecule has 0 radical (unpaired) electrons. The number of fused-ring (bicyclic) bond motifs is 1. The van der Waals surface area contributed by atoms with Crippen LogP contribution in [0.5, 0.6) is 0 Å². The minimum atomic E-state index is -0.929. The van der Waals surface area contributed by atoms with Gasteiger partial charge in [-0.15, -0.1) is 0 Å². The summed E-state index contributed by atoms with van der Waals surface area (Å²) in [6, 6.07) is 5.26. The second kappa shape index (κ2) is 5.86. The van der Waals surface area contributed by atoms with Crippen LogP contribution in [0, 0.1) is 0 Å². The van der Waals surface area contributed by atoms with E-state index in [1.807, 2.05) is 16.8 Å². The molecular weight excluding hydrogens is 244 g/mol. The van der Waals surface area contributed by atoms with E-state index in [0.717, 1.165) is 16.5 Å².